The number of methoxy groups -OCH3 is 2. The Morgan fingerprint density at radius 3 is 2.75 bits per heavy atom. The SMILES string of the molecule is COC(=O)c1ccc(OC)cc1N1CC(CO)CC1=O. The molecule has 0 bridgehead atoms. The highest BCUT2D eigenvalue weighted by atomic mass is 16.5. The Labute approximate surface area is 116 Å². The number of rotatable bonds is 4. The van der Waals surface area contributed by atoms with Crippen LogP contribution in [0.15, 0.2) is 18.2 Å². The van der Waals surface area contributed by atoms with E-state index in [2.05, 4.69) is 0 Å². The van der Waals surface area contributed by atoms with Gasteiger partial charge in [0.15, 0.2) is 0 Å². The molecule has 1 atom stereocenters. The molecule has 1 amide bonds. The number of anilines is 1. The number of carbonyl (C=O) groups is 2. The fourth-order valence-corrected chi connectivity index (χ4v) is 2.28. The summed E-state index contributed by atoms with van der Waals surface area (Å²) >= 11 is 0. The first-order valence-electron chi connectivity index (χ1n) is 6.28. The van der Waals surface area contributed by atoms with Crippen molar-refractivity contribution in [3.05, 3.63) is 23.8 Å². The number of benzene rings is 1. The van der Waals surface area contributed by atoms with Crippen LogP contribution in [0.5, 0.6) is 5.75 Å². The second-order valence-corrected chi connectivity index (χ2v) is 4.63. The average Bonchev–Trinajstić information content (AvgIpc) is 2.86. The Bertz CT molecular complexity index is 528. The van der Waals surface area contributed by atoms with Gasteiger partial charge in [-0.25, -0.2) is 4.79 Å². The smallest absolute Gasteiger partial charge is 0.339 e. The van der Waals surface area contributed by atoms with Crippen molar-refractivity contribution < 1.29 is 24.2 Å². The summed E-state index contributed by atoms with van der Waals surface area (Å²) in [5.41, 5.74) is 0.761. The van der Waals surface area contributed by atoms with Gasteiger partial charge in [-0.1, -0.05) is 0 Å². The lowest BCUT2D eigenvalue weighted by molar-refractivity contribution is -0.117. The van der Waals surface area contributed by atoms with Crippen LogP contribution in [0.4, 0.5) is 5.69 Å². The highest BCUT2D eigenvalue weighted by molar-refractivity contribution is 6.04. The van der Waals surface area contributed by atoms with Crippen molar-refractivity contribution in [1.29, 1.82) is 0 Å². The summed E-state index contributed by atoms with van der Waals surface area (Å²) in [4.78, 5) is 25.3. The Morgan fingerprint density at radius 1 is 1.45 bits per heavy atom. The minimum atomic E-state index is -0.511. The fourth-order valence-electron chi connectivity index (χ4n) is 2.28. The van der Waals surface area contributed by atoms with Crippen molar-refractivity contribution in [2.45, 2.75) is 6.42 Å². The van der Waals surface area contributed by atoms with Crippen LogP contribution >= 0.6 is 0 Å². The maximum atomic E-state index is 12.0. The number of ether oxygens (including phenoxy) is 2. The van der Waals surface area contributed by atoms with Crippen molar-refractivity contribution in [2.75, 3.05) is 32.3 Å². The highest BCUT2D eigenvalue weighted by Crippen LogP contribution is 2.31. The fraction of sp³-hybridized carbons (Fsp3) is 0.429. The van der Waals surface area contributed by atoms with Crippen LogP contribution in [0.2, 0.25) is 0 Å². The molecule has 6 nitrogen and oxygen atoms in total. The van der Waals surface area contributed by atoms with Gasteiger partial charge in [-0.2, -0.15) is 0 Å². The van der Waals surface area contributed by atoms with E-state index in [1.54, 1.807) is 18.2 Å². The van der Waals surface area contributed by atoms with Crippen LogP contribution in [0.1, 0.15) is 16.8 Å². The summed E-state index contributed by atoms with van der Waals surface area (Å²) in [6.07, 6.45) is 0.272. The number of aliphatic hydroxyl groups excluding tert-OH is 1. The summed E-state index contributed by atoms with van der Waals surface area (Å²) < 4.78 is 9.86. The van der Waals surface area contributed by atoms with Gasteiger partial charge < -0.3 is 19.5 Å². The third-order valence-corrected chi connectivity index (χ3v) is 3.36. The number of nitrogens with zero attached hydrogens (tertiary/aromatic N) is 1. The van der Waals surface area contributed by atoms with Crippen LogP contribution in [0.3, 0.4) is 0 Å². The molecule has 0 spiro atoms. The van der Waals surface area contributed by atoms with E-state index in [-0.39, 0.29) is 24.9 Å². The molecule has 0 aliphatic carbocycles. The molecule has 1 unspecified atom stereocenters. The standard InChI is InChI=1S/C14H17NO5/c1-19-10-3-4-11(14(18)20-2)12(6-10)15-7-9(8-16)5-13(15)17/h3-4,6,9,16H,5,7-8H2,1-2H3. The summed E-state index contributed by atoms with van der Waals surface area (Å²) in [5.74, 6) is -0.197. The topological polar surface area (TPSA) is 76.1 Å². The van der Waals surface area contributed by atoms with E-state index in [4.69, 9.17) is 9.47 Å². The maximum Gasteiger partial charge on any atom is 0.339 e. The Kier molecular flexibility index (Phi) is 4.24. The van der Waals surface area contributed by atoms with E-state index in [1.807, 2.05) is 0 Å². The molecule has 1 heterocycles. The third-order valence-electron chi connectivity index (χ3n) is 3.36. The van der Waals surface area contributed by atoms with Gasteiger partial charge in [0.2, 0.25) is 5.91 Å². The Hall–Kier alpha value is -2.08. The molecule has 1 saturated heterocycles. The molecule has 0 saturated carbocycles. The lowest BCUT2D eigenvalue weighted by atomic mass is 10.1. The maximum absolute atomic E-state index is 12.0. The molecule has 6 heteroatoms. The van der Waals surface area contributed by atoms with Gasteiger partial charge in [0, 0.05) is 31.6 Å². The Morgan fingerprint density at radius 2 is 2.20 bits per heavy atom. The van der Waals surface area contributed by atoms with E-state index >= 15 is 0 Å². The molecule has 1 aliphatic heterocycles. The minimum absolute atomic E-state index is 0.0558. The number of amides is 1. The molecular weight excluding hydrogens is 262 g/mol. The largest absolute Gasteiger partial charge is 0.497 e. The van der Waals surface area contributed by atoms with Crippen LogP contribution in [-0.4, -0.2) is 44.4 Å². The summed E-state index contributed by atoms with van der Waals surface area (Å²) in [6, 6.07) is 4.84. The number of hydrogen-bond acceptors (Lipinski definition) is 5. The van der Waals surface area contributed by atoms with E-state index in [0.29, 0.717) is 23.5 Å². The molecule has 1 N–H and O–H groups in total. The van der Waals surface area contributed by atoms with Crippen LogP contribution in [0, 0.1) is 5.92 Å². The monoisotopic (exact) mass is 279 g/mol. The summed E-state index contributed by atoms with van der Waals surface area (Å²) in [5, 5.41) is 9.18. The van der Waals surface area contributed by atoms with Crippen molar-refractivity contribution in [2.24, 2.45) is 5.92 Å². The molecule has 0 aromatic heterocycles. The molecule has 1 fully saturated rings. The van der Waals surface area contributed by atoms with E-state index < -0.39 is 5.97 Å². The molecule has 1 aliphatic rings. The van der Waals surface area contributed by atoms with Gasteiger partial charge in [0.05, 0.1) is 25.5 Å². The van der Waals surface area contributed by atoms with Crippen molar-refractivity contribution >= 4 is 17.6 Å². The van der Waals surface area contributed by atoms with Crippen LogP contribution in [0.25, 0.3) is 0 Å². The third kappa shape index (κ3) is 2.60. The minimum Gasteiger partial charge on any atom is -0.497 e. The van der Waals surface area contributed by atoms with Crippen molar-refractivity contribution in [3.8, 4) is 5.75 Å². The van der Waals surface area contributed by atoms with Gasteiger partial charge in [-0.3, -0.25) is 4.79 Å². The zero-order chi connectivity index (χ0) is 14.7. The summed E-state index contributed by atoms with van der Waals surface area (Å²) in [6.45, 7) is 0.326. The van der Waals surface area contributed by atoms with Crippen molar-refractivity contribution in [3.63, 3.8) is 0 Å². The van der Waals surface area contributed by atoms with E-state index in [0.717, 1.165) is 0 Å². The predicted octanol–water partition coefficient (Wildman–Crippen LogP) is 0.827. The normalized spacial score (nSPS) is 18.2. The lowest BCUT2D eigenvalue weighted by Gasteiger charge is -2.20. The molecule has 1 aromatic rings. The first kappa shape index (κ1) is 14.3. The zero-order valence-corrected chi connectivity index (χ0v) is 11.5. The summed E-state index contributed by atoms with van der Waals surface area (Å²) in [7, 11) is 2.80. The molecule has 108 valence electrons. The van der Waals surface area contributed by atoms with E-state index in [9.17, 15) is 14.7 Å². The second-order valence-electron chi connectivity index (χ2n) is 4.63. The van der Waals surface area contributed by atoms with Gasteiger partial charge in [-0.05, 0) is 12.1 Å². The van der Waals surface area contributed by atoms with Crippen LogP contribution in [-0.2, 0) is 9.53 Å². The van der Waals surface area contributed by atoms with Gasteiger partial charge >= 0.3 is 5.97 Å². The van der Waals surface area contributed by atoms with Gasteiger partial charge in [0.1, 0.15) is 5.75 Å². The lowest BCUT2D eigenvalue weighted by Crippen LogP contribution is -2.27. The Balaban J connectivity index is 2.42. The average molecular weight is 279 g/mol. The first-order chi connectivity index (χ1) is 9.60. The number of aliphatic hydroxyl groups is 1. The van der Waals surface area contributed by atoms with Gasteiger partial charge in [-0.15, -0.1) is 0 Å². The van der Waals surface area contributed by atoms with Gasteiger partial charge in [0.25, 0.3) is 0 Å². The molecular formula is C14H17NO5. The number of carbonyl (C=O) groups excluding carboxylic acids is 2. The predicted molar refractivity (Wildman–Crippen MR) is 71.9 cm³/mol. The first-order valence-corrected chi connectivity index (χ1v) is 6.28. The highest BCUT2D eigenvalue weighted by Gasteiger charge is 2.32. The quantitative estimate of drug-likeness (QED) is 0.826. The molecule has 0 radical (unpaired) electrons. The molecule has 20 heavy (non-hydrogen) atoms. The number of hydrogen-bond donors (Lipinski definition) is 1. The molecule has 2 rings (SSSR count). The zero-order valence-electron chi connectivity index (χ0n) is 11.5. The van der Waals surface area contributed by atoms with Crippen molar-refractivity contribution in [1.82, 2.24) is 0 Å². The number of esters is 1. The van der Waals surface area contributed by atoms with Crippen LogP contribution < -0.4 is 9.64 Å². The van der Waals surface area contributed by atoms with E-state index in [1.165, 1.54) is 19.1 Å². The second kappa shape index (κ2) is 5.92. The molecule has 1 aromatic carbocycles.